The van der Waals surface area contributed by atoms with Crippen LogP contribution in [0.5, 0.6) is 11.5 Å². The molecule has 6 heteroatoms. The van der Waals surface area contributed by atoms with E-state index in [2.05, 4.69) is 30.0 Å². The van der Waals surface area contributed by atoms with E-state index in [4.69, 9.17) is 14.6 Å². The highest BCUT2D eigenvalue weighted by Crippen LogP contribution is 2.41. The molecule has 0 bridgehead atoms. The summed E-state index contributed by atoms with van der Waals surface area (Å²) in [6.45, 7) is 5.34. The molecule has 0 aliphatic carbocycles. The second-order valence-corrected chi connectivity index (χ2v) is 10.3. The van der Waals surface area contributed by atoms with E-state index >= 15 is 0 Å². The fourth-order valence-electron chi connectivity index (χ4n) is 4.84. The predicted molar refractivity (Wildman–Crippen MR) is 146 cm³/mol. The number of benzene rings is 3. The number of hydrogen-bond donors (Lipinski definition) is 1. The van der Waals surface area contributed by atoms with Crippen molar-refractivity contribution >= 4 is 27.2 Å². The van der Waals surface area contributed by atoms with Crippen LogP contribution in [-0.2, 0) is 6.54 Å². The highest BCUT2D eigenvalue weighted by molar-refractivity contribution is 7.22. The Hall–Kier alpha value is -3.19. The minimum atomic E-state index is -0.0314. The van der Waals surface area contributed by atoms with Crippen LogP contribution in [0.1, 0.15) is 39.9 Å². The highest BCUT2D eigenvalue weighted by Gasteiger charge is 2.23. The number of carbonyl (C=O) groups is 1. The summed E-state index contributed by atoms with van der Waals surface area (Å²) in [4.78, 5) is 17.4. The van der Waals surface area contributed by atoms with Crippen molar-refractivity contribution in [2.45, 2.75) is 26.3 Å². The molecule has 3 aromatic carbocycles. The summed E-state index contributed by atoms with van der Waals surface area (Å²) in [6.07, 6.45) is 2.47. The lowest BCUT2D eigenvalue weighted by molar-refractivity contribution is 0.104. The first-order valence-corrected chi connectivity index (χ1v) is 13.2. The van der Waals surface area contributed by atoms with Crippen LogP contribution < -0.4 is 9.47 Å². The van der Waals surface area contributed by atoms with Crippen LogP contribution in [0.15, 0.2) is 60.7 Å². The summed E-state index contributed by atoms with van der Waals surface area (Å²) >= 11 is 1.63. The van der Waals surface area contributed by atoms with Crippen LogP contribution in [0, 0.1) is 6.92 Å². The molecule has 4 aromatic rings. The summed E-state index contributed by atoms with van der Waals surface area (Å²) in [6, 6.07) is 19.8. The third-order valence-corrected chi connectivity index (χ3v) is 7.89. The van der Waals surface area contributed by atoms with E-state index in [1.54, 1.807) is 18.4 Å². The second-order valence-electron chi connectivity index (χ2n) is 9.24. The fourth-order valence-corrected chi connectivity index (χ4v) is 6.14. The monoisotopic (exact) mass is 501 g/mol. The first-order valence-electron chi connectivity index (χ1n) is 12.4. The first-order chi connectivity index (χ1) is 17.6. The van der Waals surface area contributed by atoms with Gasteiger partial charge in [-0.2, -0.15) is 0 Å². The van der Waals surface area contributed by atoms with Gasteiger partial charge in [0.1, 0.15) is 18.1 Å². The SMILES string of the molecule is COc1cc(C(=O)c2c(-c3ccc(OCCO)cc3)sc3cc(C)ccc23)ccc1CN1CCCC1. The van der Waals surface area contributed by atoms with Gasteiger partial charge < -0.3 is 14.6 Å². The van der Waals surface area contributed by atoms with E-state index in [-0.39, 0.29) is 19.0 Å². The van der Waals surface area contributed by atoms with Crippen molar-refractivity contribution in [3.8, 4) is 21.9 Å². The third kappa shape index (κ3) is 5.03. The van der Waals surface area contributed by atoms with E-state index in [1.165, 1.54) is 12.8 Å². The molecule has 5 nitrogen and oxygen atoms in total. The van der Waals surface area contributed by atoms with Crippen LogP contribution >= 0.6 is 11.3 Å². The average molecular weight is 502 g/mol. The van der Waals surface area contributed by atoms with Gasteiger partial charge >= 0.3 is 0 Å². The Bertz CT molecular complexity index is 1370. The van der Waals surface area contributed by atoms with E-state index in [0.717, 1.165) is 57.0 Å². The summed E-state index contributed by atoms with van der Waals surface area (Å²) in [5.74, 6) is 1.44. The summed E-state index contributed by atoms with van der Waals surface area (Å²) < 4.78 is 12.3. The summed E-state index contributed by atoms with van der Waals surface area (Å²) in [5, 5.41) is 9.99. The predicted octanol–water partition coefficient (Wildman–Crippen LogP) is 6.08. The number of hydrogen-bond acceptors (Lipinski definition) is 6. The van der Waals surface area contributed by atoms with Crippen LogP contribution in [0.2, 0.25) is 0 Å². The molecular formula is C30H31NO4S. The molecule has 0 spiro atoms. The number of aliphatic hydroxyl groups excluding tert-OH is 1. The topological polar surface area (TPSA) is 59.0 Å². The van der Waals surface area contributed by atoms with Gasteiger partial charge in [-0.1, -0.05) is 24.3 Å². The number of ketones is 1. The largest absolute Gasteiger partial charge is 0.496 e. The molecule has 186 valence electrons. The number of methoxy groups -OCH3 is 1. The molecular weight excluding hydrogens is 470 g/mol. The van der Waals surface area contributed by atoms with E-state index < -0.39 is 0 Å². The summed E-state index contributed by atoms with van der Waals surface area (Å²) in [7, 11) is 1.67. The Morgan fingerprint density at radius 1 is 1.03 bits per heavy atom. The Kier molecular flexibility index (Phi) is 7.37. The number of rotatable bonds is 9. The molecule has 0 unspecified atom stereocenters. The number of aliphatic hydroxyl groups is 1. The van der Waals surface area contributed by atoms with Gasteiger partial charge in [0.25, 0.3) is 0 Å². The quantitative estimate of drug-likeness (QED) is 0.282. The van der Waals surface area contributed by atoms with Crippen molar-refractivity contribution in [1.82, 2.24) is 4.90 Å². The van der Waals surface area contributed by atoms with Gasteiger partial charge in [-0.15, -0.1) is 11.3 Å². The number of ether oxygens (including phenoxy) is 2. The average Bonchev–Trinajstić information content (AvgIpc) is 3.55. The van der Waals surface area contributed by atoms with Crippen molar-refractivity contribution < 1.29 is 19.4 Å². The van der Waals surface area contributed by atoms with Gasteiger partial charge in [0.2, 0.25) is 0 Å². The molecule has 0 atom stereocenters. The standard InChI is InChI=1S/C30H31NO4S/c1-20-5-12-25-27(17-20)36-30(21-8-10-24(11-9-21)35-16-15-32)28(25)29(33)22-6-7-23(26(18-22)34-2)19-31-13-3-4-14-31/h5-12,17-18,32H,3-4,13-16,19H2,1-2H3. The van der Waals surface area contributed by atoms with Gasteiger partial charge in [-0.05, 0) is 80.4 Å². The molecule has 0 radical (unpaired) electrons. The minimum Gasteiger partial charge on any atom is -0.496 e. The molecule has 1 N–H and O–H groups in total. The number of fused-ring (bicyclic) bond motifs is 1. The maximum atomic E-state index is 14.0. The van der Waals surface area contributed by atoms with Crippen molar-refractivity contribution in [1.29, 1.82) is 0 Å². The van der Waals surface area contributed by atoms with Crippen molar-refractivity contribution in [2.24, 2.45) is 0 Å². The normalized spacial score (nSPS) is 13.9. The molecule has 0 saturated carbocycles. The Morgan fingerprint density at radius 3 is 2.53 bits per heavy atom. The number of carbonyl (C=O) groups excluding carboxylic acids is 1. The molecule has 1 aromatic heterocycles. The van der Waals surface area contributed by atoms with Gasteiger partial charge in [0.05, 0.1) is 13.7 Å². The lowest BCUT2D eigenvalue weighted by Crippen LogP contribution is -2.19. The van der Waals surface area contributed by atoms with Gasteiger partial charge in [-0.3, -0.25) is 9.69 Å². The van der Waals surface area contributed by atoms with Crippen LogP contribution in [-0.4, -0.2) is 49.2 Å². The van der Waals surface area contributed by atoms with Crippen molar-refractivity contribution in [3.63, 3.8) is 0 Å². The van der Waals surface area contributed by atoms with Crippen LogP contribution in [0.25, 0.3) is 20.5 Å². The smallest absolute Gasteiger partial charge is 0.195 e. The van der Waals surface area contributed by atoms with Crippen LogP contribution in [0.3, 0.4) is 0 Å². The highest BCUT2D eigenvalue weighted by atomic mass is 32.1. The zero-order valence-electron chi connectivity index (χ0n) is 20.8. The molecule has 1 fully saturated rings. The lowest BCUT2D eigenvalue weighted by Gasteiger charge is -2.17. The number of aryl methyl sites for hydroxylation is 1. The number of likely N-dealkylation sites (tertiary alicyclic amines) is 1. The van der Waals surface area contributed by atoms with Gasteiger partial charge in [0.15, 0.2) is 5.78 Å². The van der Waals surface area contributed by atoms with Crippen molar-refractivity contribution in [2.75, 3.05) is 33.4 Å². The molecule has 1 aliphatic rings. The van der Waals surface area contributed by atoms with Crippen LogP contribution in [0.4, 0.5) is 0 Å². The molecule has 1 aliphatic heterocycles. The maximum Gasteiger partial charge on any atom is 0.195 e. The molecule has 2 heterocycles. The van der Waals surface area contributed by atoms with E-state index in [0.29, 0.717) is 16.9 Å². The number of thiophene rings is 1. The van der Waals surface area contributed by atoms with E-state index in [1.807, 2.05) is 42.5 Å². The zero-order chi connectivity index (χ0) is 25.1. The number of nitrogens with zero attached hydrogens (tertiary/aromatic N) is 1. The Labute approximate surface area is 215 Å². The lowest BCUT2D eigenvalue weighted by atomic mass is 9.96. The molecule has 5 rings (SSSR count). The van der Waals surface area contributed by atoms with Gasteiger partial charge in [0, 0.05) is 38.2 Å². The van der Waals surface area contributed by atoms with Crippen molar-refractivity contribution in [3.05, 3.63) is 82.9 Å². The van der Waals surface area contributed by atoms with E-state index in [9.17, 15) is 4.79 Å². The third-order valence-electron chi connectivity index (χ3n) is 6.69. The molecule has 36 heavy (non-hydrogen) atoms. The maximum absolute atomic E-state index is 14.0. The van der Waals surface area contributed by atoms with Gasteiger partial charge in [-0.25, -0.2) is 0 Å². The minimum absolute atomic E-state index is 0.00765. The Morgan fingerprint density at radius 2 is 1.81 bits per heavy atom. The molecule has 1 saturated heterocycles. The first kappa shape index (κ1) is 24.5. The fraction of sp³-hybridized carbons (Fsp3) is 0.300. The second kappa shape index (κ2) is 10.8. The Balaban J connectivity index is 1.54. The molecule has 0 amide bonds. The zero-order valence-corrected chi connectivity index (χ0v) is 21.6. The summed E-state index contributed by atoms with van der Waals surface area (Å²) in [5.41, 5.74) is 4.58.